The first kappa shape index (κ1) is 19.6. The molecule has 0 saturated heterocycles. The van der Waals surface area contributed by atoms with Gasteiger partial charge in [-0.1, -0.05) is 32.9 Å². The topological polar surface area (TPSA) is 87.0 Å². The molecule has 1 heterocycles. The Morgan fingerprint density at radius 3 is 2.50 bits per heavy atom. The molecule has 0 aromatic rings. The van der Waals surface area contributed by atoms with Gasteiger partial charge < -0.3 is 20.1 Å². The van der Waals surface area contributed by atoms with E-state index in [2.05, 4.69) is 6.92 Å². The fourth-order valence-corrected chi connectivity index (χ4v) is 5.13. The minimum atomic E-state index is -1.49. The molecule has 3 aliphatic rings. The lowest BCUT2D eigenvalue weighted by molar-refractivity contribution is -0.204. The van der Waals surface area contributed by atoms with Crippen molar-refractivity contribution in [2.45, 2.75) is 77.3 Å². The van der Waals surface area contributed by atoms with Crippen LogP contribution in [0.4, 0.5) is 0 Å². The zero-order chi connectivity index (χ0) is 19.5. The van der Waals surface area contributed by atoms with Crippen LogP contribution in [0, 0.1) is 23.2 Å². The highest BCUT2D eigenvalue weighted by Gasteiger charge is 2.65. The molecule has 0 radical (unpaired) electrons. The van der Waals surface area contributed by atoms with E-state index in [1.807, 2.05) is 26.0 Å². The Morgan fingerprint density at radius 2 is 1.88 bits per heavy atom. The van der Waals surface area contributed by atoms with Crippen molar-refractivity contribution < 1.29 is 24.9 Å². The summed E-state index contributed by atoms with van der Waals surface area (Å²) in [6, 6.07) is 0. The molecule has 3 N–H and O–H groups in total. The lowest BCUT2D eigenvalue weighted by Gasteiger charge is -2.51. The van der Waals surface area contributed by atoms with Crippen LogP contribution in [-0.4, -0.2) is 38.3 Å². The van der Waals surface area contributed by atoms with E-state index in [0.717, 1.165) is 6.42 Å². The molecule has 6 unspecified atom stereocenters. The van der Waals surface area contributed by atoms with Crippen molar-refractivity contribution in [3.05, 3.63) is 23.8 Å². The molecule has 3 rings (SSSR count). The van der Waals surface area contributed by atoms with Crippen molar-refractivity contribution in [3.8, 4) is 0 Å². The van der Waals surface area contributed by atoms with Gasteiger partial charge in [-0.05, 0) is 39.0 Å². The second-order valence-corrected chi connectivity index (χ2v) is 9.35. The molecule has 2 saturated carbocycles. The zero-order valence-corrected chi connectivity index (χ0v) is 16.5. The van der Waals surface area contributed by atoms with Crippen molar-refractivity contribution >= 4 is 5.97 Å². The van der Waals surface area contributed by atoms with Crippen LogP contribution in [0.5, 0.6) is 0 Å². The summed E-state index contributed by atoms with van der Waals surface area (Å²) in [6.45, 7) is 9.59. The fraction of sp³-hybridized carbons (Fsp3) is 0.762. The molecule has 5 nitrogen and oxygen atoms in total. The SMILES string of the molecule is CC(C=CC(C)C1(O)CCC2C3=CC(=O)OC3(O)CCC21C)C(C)(C)O. The van der Waals surface area contributed by atoms with Crippen LogP contribution in [0.15, 0.2) is 23.8 Å². The van der Waals surface area contributed by atoms with E-state index in [0.29, 0.717) is 24.8 Å². The van der Waals surface area contributed by atoms with E-state index in [1.54, 1.807) is 13.8 Å². The largest absolute Gasteiger partial charge is 0.426 e. The van der Waals surface area contributed by atoms with Gasteiger partial charge in [0.05, 0.1) is 11.2 Å². The van der Waals surface area contributed by atoms with E-state index in [1.165, 1.54) is 6.08 Å². The highest BCUT2D eigenvalue weighted by Crippen LogP contribution is 2.64. The van der Waals surface area contributed by atoms with Crippen molar-refractivity contribution in [1.82, 2.24) is 0 Å². The average Bonchev–Trinajstić information content (AvgIpc) is 2.98. The summed E-state index contributed by atoms with van der Waals surface area (Å²) >= 11 is 0. The Morgan fingerprint density at radius 1 is 1.23 bits per heavy atom. The van der Waals surface area contributed by atoms with Gasteiger partial charge in [0.25, 0.3) is 0 Å². The van der Waals surface area contributed by atoms with Crippen LogP contribution < -0.4 is 0 Å². The summed E-state index contributed by atoms with van der Waals surface area (Å²) in [5.74, 6) is -2.18. The summed E-state index contributed by atoms with van der Waals surface area (Å²) in [4.78, 5) is 11.7. The summed E-state index contributed by atoms with van der Waals surface area (Å²) in [7, 11) is 0. The molecule has 0 aromatic carbocycles. The normalized spacial score (nSPS) is 42.2. The van der Waals surface area contributed by atoms with Gasteiger partial charge in [0.2, 0.25) is 5.79 Å². The second kappa shape index (κ2) is 5.91. The third-order valence-electron chi connectivity index (χ3n) is 7.48. The number of carbonyl (C=O) groups excluding carboxylic acids is 1. The van der Waals surface area contributed by atoms with E-state index in [-0.39, 0.29) is 17.8 Å². The van der Waals surface area contributed by atoms with Gasteiger partial charge in [-0.2, -0.15) is 0 Å². The minimum Gasteiger partial charge on any atom is -0.426 e. The first-order valence-electron chi connectivity index (χ1n) is 9.64. The van der Waals surface area contributed by atoms with Crippen LogP contribution >= 0.6 is 0 Å². The highest BCUT2D eigenvalue weighted by molar-refractivity contribution is 5.86. The van der Waals surface area contributed by atoms with Crippen molar-refractivity contribution in [1.29, 1.82) is 0 Å². The maximum Gasteiger partial charge on any atom is 0.333 e. The summed E-state index contributed by atoms with van der Waals surface area (Å²) in [5, 5.41) is 32.5. The molecule has 2 aliphatic carbocycles. The quantitative estimate of drug-likeness (QED) is 0.527. The highest BCUT2D eigenvalue weighted by atomic mass is 16.7. The monoisotopic (exact) mass is 364 g/mol. The number of hydrogen-bond acceptors (Lipinski definition) is 5. The Hall–Kier alpha value is -1.17. The van der Waals surface area contributed by atoms with Crippen molar-refractivity contribution in [2.24, 2.45) is 23.2 Å². The lowest BCUT2D eigenvalue weighted by atomic mass is 9.57. The van der Waals surface area contributed by atoms with Gasteiger partial charge in [0.1, 0.15) is 0 Å². The van der Waals surface area contributed by atoms with E-state index < -0.39 is 28.4 Å². The smallest absolute Gasteiger partial charge is 0.333 e. The van der Waals surface area contributed by atoms with E-state index >= 15 is 0 Å². The van der Waals surface area contributed by atoms with Gasteiger partial charge in [-0.3, -0.25) is 0 Å². The molecule has 0 bridgehead atoms. The first-order valence-corrected chi connectivity index (χ1v) is 9.64. The van der Waals surface area contributed by atoms with Crippen LogP contribution in [0.3, 0.4) is 0 Å². The second-order valence-electron chi connectivity index (χ2n) is 9.35. The van der Waals surface area contributed by atoms with Crippen LogP contribution in [0.25, 0.3) is 0 Å². The zero-order valence-electron chi connectivity index (χ0n) is 16.5. The molecule has 6 atom stereocenters. The van der Waals surface area contributed by atoms with E-state index in [9.17, 15) is 20.1 Å². The van der Waals surface area contributed by atoms with Gasteiger partial charge >= 0.3 is 5.97 Å². The van der Waals surface area contributed by atoms with Gasteiger partial charge in [-0.25, -0.2) is 4.79 Å². The van der Waals surface area contributed by atoms with Gasteiger partial charge in [0, 0.05) is 35.3 Å². The van der Waals surface area contributed by atoms with Gasteiger partial charge in [-0.15, -0.1) is 0 Å². The van der Waals surface area contributed by atoms with Crippen molar-refractivity contribution in [3.63, 3.8) is 0 Å². The maximum atomic E-state index is 11.7. The molecular formula is C21H32O5. The van der Waals surface area contributed by atoms with E-state index in [4.69, 9.17) is 4.74 Å². The summed E-state index contributed by atoms with van der Waals surface area (Å²) < 4.78 is 5.15. The molecule has 0 spiro atoms. The molecule has 2 fully saturated rings. The van der Waals surface area contributed by atoms with Crippen LogP contribution in [0.2, 0.25) is 0 Å². The molecular weight excluding hydrogens is 332 g/mol. The Kier molecular flexibility index (Phi) is 4.45. The number of ether oxygens (including phenoxy) is 1. The number of hydrogen-bond donors (Lipinski definition) is 3. The summed E-state index contributed by atoms with van der Waals surface area (Å²) in [5.41, 5.74) is -1.54. The molecule has 0 amide bonds. The molecule has 26 heavy (non-hydrogen) atoms. The molecule has 5 heteroatoms. The van der Waals surface area contributed by atoms with Gasteiger partial charge in [0.15, 0.2) is 0 Å². The minimum absolute atomic E-state index is 0.0291. The number of esters is 1. The molecule has 1 aliphatic heterocycles. The predicted octanol–water partition coefficient (Wildman–Crippen LogP) is 2.70. The lowest BCUT2D eigenvalue weighted by Crippen LogP contribution is -2.54. The average molecular weight is 364 g/mol. The number of rotatable bonds is 4. The Labute approximate surface area is 155 Å². The predicted molar refractivity (Wildman–Crippen MR) is 97.9 cm³/mol. The molecule has 0 aromatic heterocycles. The number of fused-ring (bicyclic) bond motifs is 3. The number of aliphatic hydroxyl groups is 3. The number of carbonyl (C=O) groups is 1. The summed E-state index contributed by atoms with van der Waals surface area (Å²) in [6.07, 6.45) is 7.63. The van der Waals surface area contributed by atoms with Crippen LogP contribution in [0.1, 0.15) is 60.3 Å². The molecule has 146 valence electrons. The Bertz CT molecular complexity index is 660. The maximum absolute atomic E-state index is 11.7. The van der Waals surface area contributed by atoms with Crippen LogP contribution in [-0.2, 0) is 9.53 Å². The third kappa shape index (κ3) is 2.76. The fourth-order valence-electron chi connectivity index (χ4n) is 5.13. The van der Waals surface area contributed by atoms with Crippen molar-refractivity contribution in [2.75, 3.05) is 0 Å². The first-order chi connectivity index (χ1) is 11.8. The standard InChI is InChI=1S/C21H32O5/c1-13(18(3,4)23)6-7-14(2)20(24)9-8-15-16-12-17(22)26-21(16,25)11-10-19(15,20)5/h6-7,12-15,23-25H,8-11H2,1-5H3. The Balaban J connectivity index is 1.87. The third-order valence-corrected chi connectivity index (χ3v) is 7.48.